The molecular weight excluding hydrogens is 363 g/mol. The monoisotopic (exact) mass is 376 g/mol. The van der Waals surface area contributed by atoms with E-state index in [1.54, 1.807) is 35.7 Å². The predicted octanol–water partition coefficient (Wildman–Crippen LogP) is 3.94. The van der Waals surface area contributed by atoms with Crippen LogP contribution in [0.15, 0.2) is 70.3 Å². The minimum Gasteiger partial charge on any atom is -0.320 e. The van der Waals surface area contributed by atoms with Crippen LogP contribution in [0.25, 0.3) is 0 Å². The first kappa shape index (κ1) is 17.1. The first-order valence-corrected chi connectivity index (χ1v) is 9.54. The Morgan fingerprint density at radius 1 is 0.920 bits per heavy atom. The third-order valence-corrected chi connectivity index (χ3v) is 6.05. The molecule has 0 unspecified atom stereocenters. The third-order valence-electron chi connectivity index (χ3n) is 3.29. The van der Waals surface area contributed by atoms with E-state index >= 15 is 0 Å². The number of nitrogens with one attached hydrogen (secondary N) is 2. The van der Waals surface area contributed by atoms with E-state index < -0.39 is 21.7 Å². The topological polar surface area (TPSA) is 75.3 Å². The minimum atomic E-state index is -3.73. The van der Waals surface area contributed by atoms with Crippen molar-refractivity contribution in [2.75, 3.05) is 10.0 Å². The normalized spacial score (nSPS) is 11.1. The summed E-state index contributed by atoms with van der Waals surface area (Å²) < 4.78 is 40.3. The van der Waals surface area contributed by atoms with E-state index in [0.29, 0.717) is 5.69 Å². The molecule has 128 valence electrons. The molecule has 0 fully saturated rings. The van der Waals surface area contributed by atoms with E-state index in [-0.39, 0.29) is 15.5 Å². The molecule has 0 saturated carbocycles. The van der Waals surface area contributed by atoms with E-state index in [1.165, 1.54) is 30.3 Å². The number of sulfonamides is 1. The number of hydrogen-bond acceptors (Lipinski definition) is 4. The Labute approximate surface area is 148 Å². The van der Waals surface area contributed by atoms with Gasteiger partial charge < -0.3 is 5.32 Å². The largest absolute Gasteiger partial charge is 0.320 e. The number of anilines is 2. The Balaban J connectivity index is 1.84. The molecule has 2 aromatic carbocycles. The van der Waals surface area contributed by atoms with Crippen LogP contribution in [-0.4, -0.2) is 14.3 Å². The molecule has 0 radical (unpaired) electrons. The van der Waals surface area contributed by atoms with E-state index in [2.05, 4.69) is 10.0 Å². The molecule has 0 aliphatic carbocycles. The molecule has 0 atom stereocenters. The predicted molar refractivity (Wildman–Crippen MR) is 95.9 cm³/mol. The van der Waals surface area contributed by atoms with E-state index in [1.807, 2.05) is 0 Å². The van der Waals surface area contributed by atoms with Crippen LogP contribution in [0.4, 0.5) is 15.8 Å². The number of halogens is 1. The van der Waals surface area contributed by atoms with Crippen LogP contribution in [0.1, 0.15) is 10.4 Å². The van der Waals surface area contributed by atoms with Gasteiger partial charge in [0.25, 0.3) is 15.9 Å². The summed E-state index contributed by atoms with van der Waals surface area (Å²) in [4.78, 5) is 12.3. The average Bonchev–Trinajstić information content (AvgIpc) is 3.12. The molecule has 3 rings (SSSR count). The van der Waals surface area contributed by atoms with Crippen molar-refractivity contribution >= 4 is 38.6 Å². The zero-order valence-corrected chi connectivity index (χ0v) is 14.4. The molecule has 1 amide bonds. The third kappa shape index (κ3) is 4.04. The molecule has 0 bridgehead atoms. The summed E-state index contributed by atoms with van der Waals surface area (Å²) in [7, 11) is -3.73. The second-order valence-electron chi connectivity index (χ2n) is 5.04. The number of carbonyl (C=O) groups is 1. The van der Waals surface area contributed by atoms with E-state index in [0.717, 1.165) is 11.3 Å². The van der Waals surface area contributed by atoms with Crippen molar-refractivity contribution in [3.63, 3.8) is 0 Å². The van der Waals surface area contributed by atoms with Crippen molar-refractivity contribution in [1.82, 2.24) is 0 Å². The SMILES string of the molecule is O=C(Nc1ccccc1NS(=O)(=O)c1cccs1)c1ccc(F)cc1. The van der Waals surface area contributed by atoms with Gasteiger partial charge in [0.15, 0.2) is 0 Å². The highest BCUT2D eigenvalue weighted by atomic mass is 32.2. The highest BCUT2D eigenvalue weighted by Crippen LogP contribution is 2.26. The maximum absolute atomic E-state index is 13.0. The molecular formula is C17H13FN2O3S2. The van der Waals surface area contributed by atoms with E-state index in [9.17, 15) is 17.6 Å². The molecule has 5 nitrogen and oxygen atoms in total. The van der Waals surface area contributed by atoms with Crippen molar-refractivity contribution in [2.24, 2.45) is 0 Å². The molecule has 0 spiro atoms. The maximum Gasteiger partial charge on any atom is 0.271 e. The summed E-state index contributed by atoms with van der Waals surface area (Å²) in [6, 6.07) is 14.6. The Hall–Kier alpha value is -2.71. The fourth-order valence-corrected chi connectivity index (χ4v) is 4.16. The molecule has 1 aromatic heterocycles. The smallest absolute Gasteiger partial charge is 0.271 e. The summed E-state index contributed by atoms with van der Waals surface area (Å²) in [6.07, 6.45) is 0. The molecule has 3 aromatic rings. The zero-order valence-electron chi connectivity index (χ0n) is 12.8. The number of hydrogen-bond donors (Lipinski definition) is 2. The lowest BCUT2D eigenvalue weighted by Crippen LogP contribution is -2.16. The van der Waals surface area contributed by atoms with Gasteiger partial charge in [0.05, 0.1) is 11.4 Å². The molecule has 8 heteroatoms. The van der Waals surface area contributed by atoms with Gasteiger partial charge in [0, 0.05) is 5.56 Å². The standard InChI is InChI=1S/C17H13FN2O3S2/c18-13-9-7-12(8-10-13)17(21)19-14-4-1-2-5-15(14)20-25(22,23)16-6-3-11-24-16/h1-11,20H,(H,19,21). The number of benzene rings is 2. The number of carbonyl (C=O) groups excluding carboxylic acids is 1. The van der Waals surface area contributed by atoms with Gasteiger partial charge in [-0.1, -0.05) is 18.2 Å². The van der Waals surface area contributed by atoms with Crippen LogP contribution in [0.5, 0.6) is 0 Å². The first-order valence-electron chi connectivity index (χ1n) is 7.18. The van der Waals surface area contributed by atoms with Crippen LogP contribution in [0.2, 0.25) is 0 Å². The summed E-state index contributed by atoms with van der Waals surface area (Å²) in [6.45, 7) is 0. The van der Waals surface area contributed by atoms with Gasteiger partial charge in [-0.05, 0) is 47.8 Å². The highest BCUT2D eigenvalue weighted by Gasteiger charge is 2.17. The van der Waals surface area contributed by atoms with Gasteiger partial charge in [-0.3, -0.25) is 9.52 Å². The number of rotatable bonds is 5. The van der Waals surface area contributed by atoms with Crippen molar-refractivity contribution in [2.45, 2.75) is 4.21 Å². The summed E-state index contributed by atoms with van der Waals surface area (Å²) >= 11 is 1.09. The van der Waals surface area contributed by atoms with Crippen LogP contribution >= 0.6 is 11.3 Å². The Morgan fingerprint density at radius 3 is 2.24 bits per heavy atom. The number of para-hydroxylation sites is 2. The number of amides is 1. The second kappa shape index (κ2) is 7.04. The number of thiophene rings is 1. The van der Waals surface area contributed by atoms with Crippen molar-refractivity contribution in [1.29, 1.82) is 0 Å². The minimum absolute atomic E-state index is 0.173. The fraction of sp³-hybridized carbons (Fsp3) is 0. The lowest BCUT2D eigenvalue weighted by molar-refractivity contribution is 0.102. The van der Waals surface area contributed by atoms with Crippen LogP contribution in [0, 0.1) is 5.82 Å². The summed E-state index contributed by atoms with van der Waals surface area (Å²) in [5, 5.41) is 4.29. The lowest BCUT2D eigenvalue weighted by atomic mass is 10.2. The molecule has 0 saturated heterocycles. The van der Waals surface area contributed by atoms with Gasteiger partial charge in [0.2, 0.25) is 0 Å². The first-order chi connectivity index (χ1) is 12.0. The Kier molecular flexibility index (Phi) is 4.82. The van der Waals surface area contributed by atoms with Crippen LogP contribution in [-0.2, 0) is 10.0 Å². The molecule has 1 heterocycles. The lowest BCUT2D eigenvalue weighted by Gasteiger charge is -2.13. The van der Waals surface area contributed by atoms with Crippen molar-refractivity contribution in [3.05, 3.63) is 77.4 Å². The summed E-state index contributed by atoms with van der Waals surface area (Å²) in [5.74, 6) is -0.913. The maximum atomic E-state index is 13.0. The summed E-state index contributed by atoms with van der Waals surface area (Å²) in [5.41, 5.74) is 0.806. The van der Waals surface area contributed by atoms with Crippen molar-refractivity contribution in [3.8, 4) is 0 Å². The van der Waals surface area contributed by atoms with Gasteiger partial charge >= 0.3 is 0 Å². The fourth-order valence-electron chi connectivity index (χ4n) is 2.09. The molecule has 0 aliphatic heterocycles. The average molecular weight is 376 g/mol. The Bertz CT molecular complexity index is 985. The van der Waals surface area contributed by atoms with Crippen LogP contribution in [0.3, 0.4) is 0 Å². The van der Waals surface area contributed by atoms with Gasteiger partial charge in [-0.15, -0.1) is 11.3 Å². The zero-order chi connectivity index (χ0) is 17.9. The van der Waals surface area contributed by atoms with Crippen molar-refractivity contribution < 1.29 is 17.6 Å². The Morgan fingerprint density at radius 2 is 1.60 bits per heavy atom. The quantitative estimate of drug-likeness (QED) is 0.708. The molecule has 2 N–H and O–H groups in total. The van der Waals surface area contributed by atoms with Gasteiger partial charge in [-0.2, -0.15) is 0 Å². The highest BCUT2D eigenvalue weighted by molar-refractivity contribution is 7.94. The van der Waals surface area contributed by atoms with Gasteiger partial charge in [0.1, 0.15) is 10.0 Å². The van der Waals surface area contributed by atoms with Gasteiger partial charge in [-0.25, -0.2) is 12.8 Å². The second-order valence-corrected chi connectivity index (χ2v) is 7.90. The molecule has 0 aliphatic rings. The van der Waals surface area contributed by atoms with Crippen LogP contribution < -0.4 is 10.0 Å². The molecule has 25 heavy (non-hydrogen) atoms. The van der Waals surface area contributed by atoms with E-state index in [4.69, 9.17) is 0 Å².